The van der Waals surface area contributed by atoms with Crippen LogP contribution in [0.15, 0.2) is 48.5 Å². The molecule has 2 aromatic carbocycles. The van der Waals surface area contributed by atoms with Gasteiger partial charge in [0.1, 0.15) is 5.75 Å². The van der Waals surface area contributed by atoms with E-state index in [1.165, 1.54) is 16.7 Å². The summed E-state index contributed by atoms with van der Waals surface area (Å²) < 4.78 is 5.57. The zero-order valence-corrected chi connectivity index (χ0v) is 15.5. The van der Waals surface area contributed by atoms with Gasteiger partial charge in [-0.2, -0.15) is 0 Å². The molecule has 2 aromatic rings. The molecule has 26 heavy (non-hydrogen) atoms. The smallest absolute Gasteiger partial charge is 0.306 e. The van der Waals surface area contributed by atoms with Crippen LogP contribution in [0, 0.1) is 12.8 Å². The first kappa shape index (κ1) is 18.5. The summed E-state index contributed by atoms with van der Waals surface area (Å²) in [5, 5.41) is 9.28. The number of rotatable bonds is 6. The van der Waals surface area contributed by atoms with Crippen molar-refractivity contribution in [2.24, 2.45) is 5.92 Å². The number of carboxylic acid groups (broad SMARTS) is 1. The Labute approximate surface area is 155 Å². The largest absolute Gasteiger partial charge is 0.494 e. The Kier molecular flexibility index (Phi) is 5.94. The van der Waals surface area contributed by atoms with E-state index in [-0.39, 0.29) is 12.0 Å². The normalized spacial score (nSPS) is 17.0. The first-order chi connectivity index (χ1) is 12.6. The topological polar surface area (TPSA) is 49.8 Å². The molecule has 0 spiro atoms. The Balaban J connectivity index is 1.87. The molecule has 1 atom stereocenters. The summed E-state index contributed by atoms with van der Waals surface area (Å²) in [5.74, 6) is -0.00802. The maximum Gasteiger partial charge on any atom is 0.306 e. The van der Waals surface area contributed by atoms with Crippen LogP contribution in [0.4, 0.5) is 0 Å². The number of aryl methyl sites for hydroxylation is 1. The quantitative estimate of drug-likeness (QED) is 0.842. The Morgan fingerprint density at radius 1 is 1.08 bits per heavy atom. The lowest BCUT2D eigenvalue weighted by molar-refractivity contribution is -0.143. The van der Waals surface area contributed by atoms with Gasteiger partial charge in [0.15, 0.2) is 0 Å². The van der Waals surface area contributed by atoms with Crippen molar-refractivity contribution in [2.45, 2.75) is 32.7 Å². The van der Waals surface area contributed by atoms with Crippen LogP contribution in [-0.2, 0) is 4.79 Å². The lowest BCUT2D eigenvalue weighted by Crippen LogP contribution is -2.39. The van der Waals surface area contributed by atoms with E-state index in [9.17, 15) is 9.90 Å². The van der Waals surface area contributed by atoms with E-state index >= 15 is 0 Å². The van der Waals surface area contributed by atoms with Gasteiger partial charge in [0, 0.05) is 0 Å². The Morgan fingerprint density at radius 3 is 2.12 bits per heavy atom. The average molecular weight is 353 g/mol. The number of ether oxygens (including phenoxy) is 1. The van der Waals surface area contributed by atoms with E-state index in [0.717, 1.165) is 18.8 Å². The van der Waals surface area contributed by atoms with Crippen molar-refractivity contribution in [1.29, 1.82) is 0 Å². The van der Waals surface area contributed by atoms with Crippen molar-refractivity contribution in [3.8, 4) is 5.75 Å². The van der Waals surface area contributed by atoms with Crippen LogP contribution >= 0.6 is 0 Å². The standard InChI is InChI=1S/C22H27NO3/c1-3-26-20-10-8-18(9-11-20)21(17-6-4-16(2)5-7-17)23-14-12-19(13-15-23)22(24)25/h4-11,19,21H,3,12-15H2,1-2H3,(H,24,25). The Hall–Kier alpha value is -2.33. The lowest BCUT2D eigenvalue weighted by atomic mass is 9.91. The summed E-state index contributed by atoms with van der Waals surface area (Å²) >= 11 is 0. The molecular formula is C22H27NO3. The summed E-state index contributed by atoms with van der Waals surface area (Å²) in [6.45, 7) is 6.32. The average Bonchev–Trinajstić information content (AvgIpc) is 2.65. The zero-order valence-electron chi connectivity index (χ0n) is 15.5. The first-order valence-electron chi connectivity index (χ1n) is 9.34. The molecule has 138 valence electrons. The molecule has 0 aromatic heterocycles. The summed E-state index contributed by atoms with van der Waals surface area (Å²) in [6.07, 6.45) is 1.41. The van der Waals surface area contributed by atoms with Gasteiger partial charge in [-0.25, -0.2) is 0 Å². The zero-order chi connectivity index (χ0) is 18.5. The second kappa shape index (κ2) is 8.37. The predicted molar refractivity (Wildman–Crippen MR) is 103 cm³/mol. The molecule has 1 unspecified atom stereocenters. The Morgan fingerprint density at radius 2 is 1.62 bits per heavy atom. The van der Waals surface area contributed by atoms with Crippen LogP contribution in [-0.4, -0.2) is 35.7 Å². The molecule has 4 nitrogen and oxygen atoms in total. The third-order valence-corrected chi connectivity index (χ3v) is 5.14. The van der Waals surface area contributed by atoms with E-state index in [2.05, 4.69) is 48.2 Å². The van der Waals surface area contributed by atoms with Crippen LogP contribution in [0.2, 0.25) is 0 Å². The van der Waals surface area contributed by atoms with E-state index in [4.69, 9.17) is 4.74 Å². The molecule has 1 N–H and O–H groups in total. The predicted octanol–water partition coefficient (Wildman–Crippen LogP) is 4.28. The van der Waals surface area contributed by atoms with Gasteiger partial charge >= 0.3 is 5.97 Å². The van der Waals surface area contributed by atoms with E-state index in [1.807, 2.05) is 19.1 Å². The van der Waals surface area contributed by atoms with Gasteiger partial charge in [-0.3, -0.25) is 9.69 Å². The molecule has 0 aliphatic carbocycles. The monoisotopic (exact) mass is 353 g/mol. The number of hydrogen-bond acceptors (Lipinski definition) is 3. The van der Waals surface area contributed by atoms with Gasteiger partial charge in [0.25, 0.3) is 0 Å². The third kappa shape index (κ3) is 4.25. The molecule has 0 radical (unpaired) electrons. The number of likely N-dealkylation sites (tertiary alicyclic amines) is 1. The number of piperidine rings is 1. The summed E-state index contributed by atoms with van der Waals surface area (Å²) in [4.78, 5) is 13.7. The van der Waals surface area contributed by atoms with Gasteiger partial charge < -0.3 is 9.84 Å². The summed E-state index contributed by atoms with van der Waals surface area (Å²) in [6, 6.07) is 17.1. The molecule has 1 saturated heterocycles. The van der Waals surface area contributed by atoms with Gasteiger partial charge in [-0.15, -0.1) is 0 Å². The van der Waals surface area contributed by atoms with Crippen molar-refractivity contribution >= 4 is 5.97 Å². The molecule has 3 rings (SSSR count). The number of benzene rings is 2. The molecule has 0 amide bonds. The molecule has 1 aliphatic heterocycles. The van der Waals surface area contributed by atoms with E-state index < -0.39 is 5.97 Å². The van der Waals surface area contributed by atoms with Crippen molar-refractivity contribution < 1.29 is 14.6 Å². The minimum absolute atomic E-state index is 0.140. The second-order valence-electron chi connectivity index (χ2n) is 6.96. The maximum absolute atomic E-state index is 11.3. The van der Waals surface area contributed by atoms with Crippen molar-refractivity contribution in [3.05, 3.63) is 65.2 Å². The van der Waals surface area contributed by atoms with Crippen molar-refractivity contribution in [1.82, 2.24) is 4.90 Å². The number of carbonyl (C=O) groups is 1. The van der Waals surface area contributed by atoms with E-state index in [1.54, 1.807) is 0 Å². The molecule has 4 heteroatoms. The summed E-state index contributed by atoms with van der Waals surface area (Å²) in [7, 11) is 0. The summed E-state index contributed by atoms with van der Waals surface area (Å²) in [5.41, 5.74) is 3.70. The van der Waals surface area contributed by atoms with Gasteiger partial charge in [0.05, 0.1) is 18.6 Å². The van der Waals surface area contributed by atoms with Crippen LogP contribution in [0.25, 0.3) is 0 Å². The van der Waals surface area contributed by atoms with Gasteiger partial charge in [0.2, 0.25) is 0 Å². The van der Waals surface area contributed by atoms with Crippen molar-refractivity contribution in [2.75, 3.05) is 19.7 Å². The fourth-order valence-corrected chi connectivity index (χ4v) is 3.68. The van der Waals surface area contributed by atoms with E-state index in [0.29, 0.717) is 19.4 Å². The van der Waals surface area contributed by atoms with Crippen LogP contribution in [0.3, 0.4) is 0 Å². The lowest BCUT2D eigenvalue weighted by Gasteiger charge is -2.37. The highest BCUT2D eigenvalue weighted by atomic mass is 16.5. The van der Waals surface area contributed by atoms with Crippen LogP contribution in [0.1, 0.15) is 42.5 Å². The fraction of sp³-hybridized carbons (Fsp3) is 0.409. The SMILES string of the molecule is CCOc1ccc(C(c2ccc(C)cc2)N2CCC(C(=O)O)CC2)cc1. The highest BCUT2D eigenvalue weighted by molar-refractivity contribution is 5.70. The first-order valence-corrected chi connectivity index (χ1v) is 9.34. The number of aliphatic carboxylic acids is 1. The molecule has 1 aliphatic rings. The number of carboxylic acids is 1. The minimum Gasteiger partial charge on any atom is -0.494 e. The third-order valence-electron chi connectivity index (χ3n) is 5.14. The molecule has 0 saturated carbocycles. The van der Waals surface area contributed by atoms with Crippen molar-refractivity contribution in [3.63, 3.8) is 0 Å². The second-order valence-corrected chi connectivity index (χ2v) is 6.96. The highest BCUT2D eigenvalue weighted by Gasteiger charge is 2.30. The minimum atomic E-state index is -0.669. The molecule has 1 heterocycles. The van der Waals surface area contributed by atoms with Crippen LogP contribution < -0.4 is 4.74 Å². The highest BCUT2D eigenvalue weighted by Crippen LogP contribution is 2.33. The van der Waals surface area contributed by atoms with Gasteiger partial charge in [-0.05, 0) is 63.0 Å². The maximum atomic E-state index is 11.3. The number of hydrogen-bond donors (Lipinski definition) is 1. The Bertz CT molecular complexity index is 716. The van der Waals surface area contributed by atoms with Crippen LogP contribution in [0.5, 0.6) is 5.75 Å². The molecule has 1 fully saturated rings. The molecular weight excluding hydrogens is 326 g/mol. The van der Waals surface area contributed by atoms with Gasteiger partial charge in [-0.1, -0.05) is 42.0 Å². The fourth-order valence-electron chi connectivity index (χ4n) is 3.68. The molecule has 0 bridgehead atoms. The number of nitrogens with zero attached hydrogens (tertiary/aromatic N) is 1.